The number of imide groups is 1. The lowest BCUT2D eigenvalue weighted by molar-refractivity contribution is -0.121. The zero-order chi connectivity index (χ0) is 20.9. The second-order valence-electron chi connectivity index (χ2n) is 7.52. The summed E-state index contributed by atoms with van der Waals surface area (Å²) in [7, 11) is 1.68. The number of carbonyl (C=O) groups excluding carboxylic acids is 2. The standard InChI is InChI=1S/C22H26N4O3S/c1-29-16-4-5-20-18(11-16)19(13-23-20)15-6-8-26(9-7-15)14-21(27)25-22(28)24-12-17-3-2-10-30-17/h2-5,10-11,13,15,23H,6-9,12,14H2,1H3,(H2,24,25,27,28). The molecule has 0 atom stereocenters. The van der Waals surface area contributed by atoms with Gasteiger partial charge in [-0.3, -0.25) is 15.0 Å². The second-order valence-corrected chi connectivity index (χ2v) is 8.55. The van der Waals surface area contributed by atoms with Gasteiger partial charge in [0.2, 0.25) is 5.91 Å². The molecular weight excluding hydrogens is 400 g/mol. The lowest BCUT2D eigenvalue weighted by atomic mass is 9.89. The molecule has 3 aromatic rings. The number of carbonyl (C=O) groups is 2. The first kappa shape index (κ1) is 20.4. The van der Waals surface area contributed by atoms with Gasteiger partial charge in [0.25, 0.3) is 0 Å². The van der Waals surface area contributed by atoms with E-state index in [4.69, 9.17) is 4.74 Å². The molecular formula is C22H26N4O3S. The number of methoxy groups -OCH3 is 1. The SMILES string of the molecule is COc1ccc2[nH]cc(C3CCN(CC(=O)NC(=O)NCc4cccs4)CC3)c2c1. The average molecular weight is 427 g/mol. The van der Waals surface area contributed by atoms with E-state index >= 15 is 0 Å². The van der Waals surface area contributed by atoms with E-state index in [0.29, 0.717) is 12.5 Å². The van der Waals surface area contributed by atoms with Crippen LogP contribution in [-0.4, -0.2) is 48.6 Å². The van der Waals surface area contributed by atoms with E-state index in [1.807, 2.05) is 29.6 Å². The largest absolute Gasteiger partial charge is 0.497 e. The predicted molar refractivity (Wildman–Crippen MR) is 118 cm³/mol. The van der Waals surface area contributed by atoms with Gasteiger partial charge in [-0.15, -0.1) is 11.3 Å². The Bertz CT molecular complexity index is 1010. The number of likely N-dealkylation sites (tertiary alicyclic amines) is 1. The molecule has 0 spiro atoms. The summed E-state index contributed by atoms with van der Waals surface area (Å²) in [6, 6.07) is 9.51. The third-order valence-corrected chi connectivity index (χ3v) is 6.45. The van der Waals surface area contributed by atoms with E-state index in [1.165, 1.54) is 10.9 Å². The summed E-state index contributed by atoms with van der Waals surface area (Å²) in [6.07, 6.45) is 4.04. The molecule has 2 aromatic heterocycles. The molecule has 8 heteroatoms. The van der Waals surface area contributed by atoms with E-state index in [-0.39, 0.29) is 12.5 Å². The van der Waals surface area contributed by atoms with Gasteiger partial charge in [0.05, 0.1) is 20.2 Å². The van der Waals surface area contributed by atoms with Crippen LogP contribution in [0.2, 0.25) is 0 Å². The quantitative estimate of drug-likeness (QED) is 0.564. The van der Waals surface area contributed by atoms with Gasteiger partial charge in [0.15, 0.2) is 0 Å². The van der Waals surface area contributed by atoms with Crippen LogP contribution in [0.4, 0.5) is 4.79 Å². The minimum Gasteiger partial charge on any atom is -0.497 e. The summed E-state index contributed by atoms with van der Waals surface area (Å²) in [5, 5.41) is 8.29. The van der Waals surface area contributed by atoms with Gasteiger partial charge in [-0.05, 0) is 67.1 Å². The second kappa shape index (κ2) is 9.32. The molecule has 0 bridgehead atoms. The maximum absolute atomic E-state index is 12.2. The number of amides is 3. The van der Waals surface area contributed by atoms with Crippen LogP contribution in [0, 0.1) is 0 Å². The van der Waals surface area contributed by atoms with Gasteiger partial charge < -0.3 is 15.0 Å². The molecule has 3 heterocycles. The number of benzene rings is 1. The van der Waals surface area contributed by atoms with Crippen molar-refractivity contribution >= 4 is 34.2 Å². The van der Waals surface area contributed by atoms with Crippen molar-refractivity contribution in [3.63, 3.8) is 0 Å². The molecule has 30 heavy (non-hydrogen) atoms. The summed E-state index contributed by atoms with van der Waals surface area (Å²) >= 11 is 1.57. The Morgan fingerprint density at radius 3 is 2.83 bits per heavy atom. The van der Waals surface area contributed by atoms with E-state index in [1.54, 1.807) is 18.4 Å². The number of ether oxygens (including phenoxy) is 1. The number of urea groups is 1. The van der Waals surface area contributed by atoms with E-state index in [9.17, 15) is 9.59 Å². The number of hydrogen-bond donors (Lipinski definition) is 3. The van der Waals surface area contributed by atoms with Crippen molar-refractivity contribution in [2.24, 2.45) is 0 Å². The van der Waals surface area contributed by atoms with Crippen LogP contribution in [0.5, 0.6) is 5.75 Å². The highest BCUT2D eigenvalue weighted by Crippen LogP contribution is 2.34. The van der Waals surface area contributed by atoms with E-state index in [0.717, 1.165) is 42.1 Å². The Balaban J connectivity index is 1.25. The first-order valence-electron chi connectivity index (χ1n) is 10.1. The number of nitrogens with zero attached hydrogens (tertiary/aromatic N) is 1. The van der Waals surface area contributed by atoms with E-state index in [2.05, 4.69) is 32.8 Å². The molecule has 4 rings (SSSR count). The minimum atomic E-state index is -0.448. The van der Waals surface area contributed by atoms with Gasteiger partial charge in [0.1, 0.15) is 5.75 Å². The molecule has 1 aliphatic rings. The van der Waals surface area contributed by atoms with Crippen LogP contribution in [0.15, 0.2) is 41.9 Å². The van der Waals surface area contributed by atoms with Crippen molar-refractivity contribution < 1.29 is 14.3 Å². The number of aromatic amines is 1. The monoisotopic (exact) mass is 426 g/mol. The third-order valence-electron chi connectivity index (χ3n) is 5.57. The maximum atomic E-state index is 12.2. The summed E-state index contributed by atoms with van der Waals surface area (Å²) in [5.74, 6) is 1.03. The Morgan fingerprint density at radius 2 is 2.10 bits per heavy atom. The van der Waals surface area contributed by atoms with Crippen molar-refractivity contribution in [1.29, 1.82) is 0 Å². The molecule has 0 saturated carbocycles. The first-order chi connectivity index (χ1) is 14.6. The topological polar surface area (TPSA) is 86.5 Å². The highest BCUT2D eigenvalue weighted by Gasteiger charge is 2.24. The molecule has 158 valence electrons. The summed E-state index contributed by atoms with van der Waals surface area (Å²) in [5.41, 5.74) is 2.42. The fourth-order valence-corrected chi connectivity index (χ4v) is 4.63. The number of fused-ring (bicyclic) bond motifs is 1. The van der Waals surface area contributed by atoms with Gasteiger partial charge in [-0.1, -0.05) is 6.07 Å². The number of hydrogen-bond acceptors (Lipinski definition) is 5. The highest BCUT2D eigenvalue weighted by atomic mass is 32.1. The lowest BCUT2D eigenvalue weighted by Crippen LogP contribution is -2.45. The van der Waals surface area contributed by atoms with E-state index < -0.39 is 6.03 Å². The number of rotatable bonds is 6. The molecule has 1 fully saturated rings. The minimum absolute atomic E-state index is 0.237. The number of H-pyrrole nitrogens is 1. The maximum Gasteiger partial charge on any atom is 0.321 e. The summed E-state index contributed by atoms with van der Waals surface area (Å²) < 4.78 is 5.37. The molecule has 1 aromatic carbocycles. The number of nitrogens with one attached hydrogen (secondary N) is 3. The molecule has 0 unspecified atom stereocenters. The zero-order valence-corrected chi connectivity index (χ0v) is 17.8. The normalized spacial score (nSPS) is 15.2. The molecule has 1 saturated heterocycles. The number of thiophene rings is 1. The molecule has 0 radical (unpaired) electrons. The number of aromatic nitrogens is 1. The smallest absolute Gasteiger partial charge is 0.321 e. The first-order valence-corrected chi connectivity index (χ1v) is 11.0. The Hall–Kier alpha value is -2.84. The fourth-order valence-electron chi connectivity index (χ4n) is 3.98. The van der Waals surface area contributed by atoms with Crippen molar-refractivity contribution in [2.45, 2.75) is 25.3 Å². The Labute approximate surface area is 179 Å². The van der Waals surface area contributed by atoms with Crippen LogP contribution in [0.25, 0.3) is 10.9 Å². The highest BCUT2D eigenvalue weighted by molar-refractivity contribution is 7.09. The van der Waals surface area contributed by atoms with Gasteiger partial charge in [-0.2, -0.15) is 0 Å². The molecule has 7 nitrogen and oxygen atoms in total. The Kier molecular flexibility index (Phi) is 6.35. The van der Waals surface area contributed by atoms with Crippen LogP contribution >= 0.6 is 11.3 Å². The van der Waals surface area contributed by atoms with Gasteiger partial charge in [-0.25, -0.2) is 4.79 Å². The van der Waals surface area contributed by atoms with Crippen molar-refractivity contribution in [1.82, 2.24) is 20.5 Å². The van der Waals surface area contributed by atoms with Crippen LogP contribution in [0.1, 0.15) is 29.2 Å². The summed E-state index contributed by atoms with van der Waals surface area (Å²) in [4.78, 5) is 30.6. The predicted octanol–water partition coefficient (Wildman–Crippen LogP) is 3.44. The molecule has 3 amide bonds. The molecule has 1 aliphatic heterocycles. The molecule has 0 aliphatic carbocycles. The van der Waals surface area contributed by atoms with Crippen molar-refractivity contribution in [2.75, 3.05) is 26.7 Å². The molecule has 3 N–H and O–H groups in total. The zero-order valence-electron chi connectivity index (χ0n) is 16.9. The van der Waals surface area contributed by atoms with Gasteiger partial charge in [0, 0.05) is 22.0 Å². The number of piperidine rings is 1. The van der Waals surface area contributed by atoms with Crippen molar-refractivity contribution in [3.05, 3.63) is 52.3 Å². The van der Waals surface area contributed by atoms with Crippen LogP contribution in [-0.2, 0) is 11.3 Å². The summed E-state index contributed by atoms with van der Waals surface area (Å²) in [6.45, 7) is 2.31. The lowest BCUT2D eigenvalue weighted by Gasteiger charge is -2.31. The van der Waals surface area contributed by atoms with Crippen LogP contribution < -0.4 is 15.4 Å². The average Bonchev–Trinajstić information content (AvgIpc) is 3.42. The van der Waals surface area contributed by atoms with Crippen LogP contribution in [0.3, 0.4) is 0 Å². The van der Waals surface area contributed by atoms with Crippen molar-refractivity contribution in [3.8, 4) is 5.75 Å². The van der Waals surface area contributed by atoms with Gasteiger partial charge >= 0.3 is 6.03 Å². The Morgan fingerprint density at radius 1 is 1.27 bits per heavy atom. The fraction of sp³-hybridized carbons (Fsp3) is 0.364. The third kappa shape index (κ3) is 4.83.